The molecule has 1 amide bonds. The van der Waals surface area contributed by atoms with E-state index in [0.29, 0.717) is 0 Å². The molecular formula is C61H65N13O11. The number of hydrogen-bond donors (Lipinski definition) is 1. The highest BCUT2D eigenvalue weighted by molar-refractivity contribution is 5.68. The lowest BCUT2D eigenvalue weighted by Crippen LogP contribution is -2.68. The summed E-state index contributed by atoms with van der Waals surface area (Å²) >= 11 is 0. The number of carbonyl (C=O) groups excluding carboxylic acids is 1. The molecular weight excluding hydrogens is 1090 g/mol. The highest BCUT2D eigenvalue weighted by atomic mass is 16.7. The van der Waals surface area contributed by atoms with Gasteiger partial charge in [-0.05, 0) is 68.3 Å². The molecule has 0 spiro atoms. The fraction of sp³-hybridized carbons (Fsp3) is 0.393. The van der Waals surface area contributed by atoms with Gasteiger partial charge in [-0.2, -0.15) is 0 Å². The molecule has 1 saturated carbocycles. The predicted octanol–water partition coefficient (Wildman–Crippen LogP) is 12.2. The fourth-order valence-electron chi connectivity index (χ4n) is 10.5. The van der Waals surface area contributed by atoms with Gasteiger partial charge in [0.2, 0.25) is 0 Å². The molecule has 1 aliphatic carbocycles. The molecule has 24 nitrogen and oxygen atoms in total. The number of nitrogens with zero attached hydrogens (tertiary/aromatic N) is 12. The van der Waals surface area contributed by atoms with E-state index < -0.39 is 91.7 Å². The lowest BCUT2D eigenvalue weighted by Gasteiger charge is -2.50. The van der Waals surface area contributed by atoms with Gasteiger partial charge in [0.05, 0.1) is 94.8 Å². The molecule has 3 fully saturated rings. The Bertz CT molecular complexity index is 3190. The lowest BCUT2D eigenvalue weighted by atomic mass is 9.83. The van der Waals surface area contributed by atoms with Crippen molar-refractivity contribution in [2.75, 3.05) is 13.2 Å². The Labute approximate surface area is 490 Å². The number of carbonyl (C=O) groups is 1. The Balaban J connectivity index is 1.11. The number of ether oxygens (including phenoxy) is 10. The topological polar surface area (TPSA) is 316 Å². The maximum absolute atomic E-state index is 14.4. The summed E-state index contributed by atoms with van der Waals surface area (Å²) in [6.07, 6.45) is -12.6. The molecule has 6 aromatic carbocycles. The summed E-state index contributed by atoms with van der Waals surface area (Å²) in [6, 6.07) is 51.9. The predicted molar refractivity (Wildman–Crippen MR) is 309 cm³/mol. The molecule has 6 aromatic rings. The third-order valence-corrected chi connectivity index (χ3v) is 14.6. The van der Waals surface area contributed by atoms with Crippen molar-refractivity contribution in [2.45, 2.75) is 138 Å². The van der Waals surface area contributed by atoms with Gasteiger partial charge in [-0.1, -0.05) is 202 Å². The minimum absolute atomic E-state index is 0.0114. The molecule has 85 heavy (non-hydrogen) atoms. The van der Waals surface area contributed by atoms with E-state index in [1.54, 1.807) is 0 Å². The van der Waals surface area contributed by atoms with Crippen LogP contribution in [0.5, 0.6) is 0 Å². The van der Waals surface area contributed by atoms with E-state index in [0.717, 1.165) is 33.4 Å². The van der Waals surface area contributed by atoms with Crippen LogP contribution >= 0.6 is 0 Å². The van der Waals surface area contributed by atoms with Crippen molar-refractivity contribution in [3.8, 4) is 0 Å². The fourth-order valence-corrected chi connectivity index (χ4v) is 10.5. The summed E-state index contributed by atoms with van der Waals surface area (Å²) in [7, 11) is 0. The SMILES string of the molecule is [N-]=[N+]=NC[C@H]1O[C@H](O[C@H]2[C@H](OCc3ccccc3)[C@@H](O[C@H]3O[C@H](COCc4ccccc4)[C@@H](OCc4ccccc4)[C@H](NC(=O)OCc4ccccc4)[C@H]3OCc3ccccc3)[C@H](N=[N+]=[N-])C[C@@H]2N=[N+]=[N-])[C@H](N=[N+]=[N-])C[C@@H]1OCc1ccccc1. The van der Waals surface area contributed by atoms with Gasteiger partial charge in [-0.3, -0.25) is 0 Å². The second kappa shape index (κ2) is 32.5. The molecule has 1 N–H and O–H groups in total. The molecule has 2 saturated heterocycles. The van der Waals surface area contributed by atoms with Crippen molar-refractivity contribution in [3.63, 3.8) is 0 Å². The van der Waals surface area contributed by atoms with Gasteiger partial charge in [0.15, 0.2) is 12.6 Å². The summed E-state index contributed by atoms with van der Waals surface area (Å²) in [5.74, 6) is 0. The van der Waals surface area contributed by atoms with Crippen molar-refractivity contribution >= 4 is 6.09 Å². The number of rotatable bonds is 28. The molecule has 3 aliphatic rings. The number of benzene rings is 6. The molecule has 0 unspecified atom stereocenters. The van der Waals surface area contributed by atoms with Gasteiger partial charge in [0.1, 0.15) is 31.0 Å². The largest absolute Gasteiger partial charge is 0.445 e. The van der Waals surface area contributed by atoms with Crippen molar-refractivity contribution in [2.24, 2.45) is 20.5 Å². The van der Waals surface area contributed by atoms with Crippen LogP contribution < -0.4 is 5.32 Å². The normalized spacial score (nSPS) is 26.2. The van der Waals surface area contributed by atoms with E-state index in [1.165, 1.54) is 0 Å². The zero-order chi connectivity index (χ0) is 58.8. The number of azide groups is 4. The Kier molecular flexibility index (Phi) is 23.3. The third kappa shape index (κ3) is 17.8. The standard InChI is InChI=1S/C61H65N13O11/c62-71-66-33-51-50(77-35-42-21-9-2-10-22-42)32-49(70-74-65)59(82-51)84-54-47(68-72-63)31-48(69-73-64)55(58(54)80-38-45-27-15-5-16-28-45)85-60-57(79-37-44-25-13-4-14-26-44)53(67-61(75)81-39-46-29-17-6-18-30-46)56(78-36-43-23-11-3-12-24-43)52(83-60)40-76-34-41-19-7-1-8-20-41/h1-30,47-60H,31-40H2,(H,67,75)/t47-,48+,49+,50-,51+,52+,53-,54+,55-,56+,57+,58-,59+,60+/m0/s1. The van der Waals surface area contributed by atoms with E-state index in [-0.39, 0.29) is 65.6 Å². The lowest BCUT2D eigenvalue weighted by molar-refractivity contribution is -0.331. The van der Waals surface area contributed by atoms with Crippen LogP contribution in [0.2, 0.25) is 0 Å². The Morgan fingerprint density at radius 2 is 0.859 bits per heavy atom. The first-order chi connectivity index (χ1) is 41.9. The van der Waals surface area contributed by atoms with Gasteiger partial charge >= 0.3 is 6.09 Å². The average molecular weight is 1160 g/mol. The highest BCUT2D eigenvalue weighted by Crippen LogP contribution is 2.39. The van der Waals surface area contributed by atoms with Gasteiger partial charge in [0, 0.05) is 19.6 Å². The van der Waals surface area contributed by atoms with E-state index in [1.807, 2.05) is 182 Å². The minimum atomic E-state index is -1.47. The molecule has 2 heterocycles. The maximum Gasteiger partial charge on any atom is 0.407 e. The van der Waals surface area contributed by atoms with Crippen molar-refractivity contribution < 1.29 is 52.2 Å². The van der Waals surface area contributed by atoms with Crippen LogP contribution in [0.25, 0.3) is 41.8 Å². The van der Waals surface area contributed by atoms with Crippen molar-refractivity contribution in [3.05, 3.63) is 257 Å². The summed E-state index contributed by atoms with van der Waals surface area (Å²) in [5.41, 5.74) is 44.9. The first kappa shape index (κ1) is 61.0. The van der Waals surface area contributed by atoms with Crippen LogP contribution in [-0.2, 0) is 87.0 Å². The zero-order valence-corrected chi connectivity index (χ0v) is 46.3. The molecule has 0 radical (unpaired) electrons. The Morgan fingerprint density at radius 1 is 0.447 bits per heavy atom. The van der Waals surface area contributed by atoms with Crippen molar-refractivity contribution in [1.82, 2.24) is 5.32 Å². The third-order valence-electron chi connectivity index (χ3n) is 14.6. The van der Waals surface area contributed by atoms with E-state index in [4.69, 9.17) is 47.4 Å². The quantitative estimate of drug-likeness (QED) is 0.0273. The Hall–Kier alpha value is -8.53. The summed E-state index contributed by atoms with van der Waals surface area (Å²) in [4.78, 5) is 27.0. The minimum Gasteiger partial charge on any atom is -0.445 e. The van der Waals surface area contributed by atoms with E-state index in [9.17, 15) is 26.9 Å². The second-order valence-corrected chi connectivity index (χ2v) is 20.3. The van der Waals surface area contributed by atoms with Crippen LogP contribution in [0.1, 0.15) is 46.2 Å². The van der Waals surface area contributed by atoms with Gasteiger partial charge in [-0.25, -0.2) is 4.79 Å². The molecule has 0 aromatic heterocycles. The molecule has 0 bridgehead atoms. The number of alkyl carbamates (subject to hydrolysis) is 1. The molecule has 9 rings (SSSR count). The summed E-state index contributed by atoms with van der Waals surface area (Å²) < 4.78 is 67.2. The van der Waals surface area contributed by atoms with Gasteiger partial charge < -0.3 is 52.7 Å². The molecule has 2 aliphatic heterocycles. The molecule has 24 heteroatoms. The van der Waals surface area contributed by atoms with Crippen LogP contribution in [0.4, 0.5) is 4.79 Å². The van der Waals surface area contributed by atoms with Gasteiger partial charge in [-0.15, -0.1) is 0 Å². The van der Waals surface area contributed by atoms with Crippen LogP contribution in [0, 0.1) is 0 Å². The zero-order valence-electron chi connectivity index (χ0n) is 46.3. The van der Waals surface area contributed by atoms with E-state index in [2.05, 4.69) is 45.4 Å². The first-order valence-electron chi connectivity index (χ1n) is 27.9. The van der Waals surface area contributed by atoms with E-state index >= 15 is 0 Å². The van der Waals surface area contributed by atoms with Crippen LogP contribution in [0.15, 0.2) is 202 Å². The number of hydrogen-bond acceptors (Lipinski definition) is 15. The van der Waals surface area contributed by atoms with Crippen molar-refractivity contribution in [1.29, 1.82) is 0 Å². The van der Waals surface area contributed by atoms with Crippen LogP contribution in [0.3, 0.4) is 0 Å². The number of amides is 1. The number of nitrogens with one attached hydrogen (secondary N) is 1. The Morgan fingerprint density at radius 3 is 1.34 bits per heavy atom. The summed E-state index contributed by atoms with van der Waals surface area (Å²) in [5, 5.41) is 19.5. The van der Waals surface area contributed by atoms with Gasteiger partial charge in [0.25, 0.3) is 0 Å². The molecule has 14 atom stereocenters. The first-order valence-corrected chi connectivity index (χ1v) is 27.9. The van der Waals surface area contributed by atoms with Crippen LogP contribution in [-0.4, -0.2) is 105 Å². The monoisotopic (exact) mass is 1160 g/mol. The molecule has 440 valence electrons. The second-order valence-electron chi connectivity index (χ2n) is 20.3. The smallest absolute Gasteiger partial charge is 0.407 e. The highest BCUT2D eigenvalue weighted by Gasteiger charge is 2.55. The average Bonchev–Trinajstić information content (AvgIpc) is 3.70. The maximum atomic E-state index is 14.4. The summed E-state index contributed by atoms with van der Waals surface area (Å²) in [6.45, 7) is 0.00836.